The lowest BCUT2D eigenvalue weighted by molar-refractivity contribution is -0.132. The van der Waals surface area contributed by atoms with E-state index in [2.05, 4.69) is 10.1 Å². The summed E-state index contributed by atoms with van der Waals surface area (Å²) in [4.78, 5) is 40.8. The monoisotopic (exact) mass is 449 g/mol. The van der Waals surface area contributed by atoms with Gasteiger partial charge >= 0.3 is 5.97 Å². The Kier molecular flexibility index (Phi) is 5.83. The number of hydrogen-bond donors (Lipinski definition) is 0. The summed E-state index contributed by atoms with van der Waals surface area (Å²) in [6, 6.07) is 12.7. The molecule has 0 radical (unpaired) electrons. The smallest absolute Gasteiger partial charge is 0.308 e. The number of nitrogens with zero attached hydrogens (tertiary/aromatic N) is 3. The van der Waals surface area contributed by atoms with Gasteiger partial charge in [0.1, 0.15) is 5.69 Å². The molecule has 0 N–H and O–H groups in total. The SMILES string of the molecule is COc1cc(/C=c2\sc3nc(=O)c(Cc4ccc(C)cc4)nn3c2=O)ccc1OC(C)=O. The van der Waals surface area contributed by atoms with E-state index in [4.69, 9.17) is 9.47 Å². The Morgan fingerprint density at radius 2 is 1.88 bits per heavy atom. The molecule has 9 heteroatoms. The number of fused-ring (bicyclic) bond motifs is 1. The predicted molar refractivity (Wildman–Crippen MR) is 120 cm³/mol. The first-order chi connectivity index (χ1) is 15.3. The van der Waals surface area contributed by atoms with Crippen molar-refractivity contribution >= 4 is 28.3 Å². The zero-order valence-electron chi connectivity index (χ0n) is 17.6. The lowest BCUT2D eigenvalue weighted by Crippen LogP contribution is -2.28. The predicted octanol–water partition coefficient (Wildman–Crippen LogP) is 1.89. The Bertz CT molecular complexity index is 1490. The summed E-state index contributed by atoms with van der Waals surface area (Å²) >= 11 is 1.07. The van der Waals surface area contributed by atoms with Gasteiger partial charge in [-0.05, 0) is 36.3 Å². The highest BCUT2D eigenvalue weighted by molar-refractivity contribution is 7.15. The number of carbonyl (C=O) groups is 1. The molecule has 8 nitrogen and oxygen atoms in total. The molecule has 0 aliphatic carbocycles. The highest BCUT2D eigenvalue weighted by atomic mass is 32.1. The van der Waals surface area contributed by atoms with Crippen LogP contribution < -0.4 is 25.1 Å². The molecule has 162 valence electrons. The van der Waals surface area contributed by atoms with E-state index in [1.807, 2.05) is 31.2 Å². The second-order valence-corrected chi connectivity index (χ2v) is 8.15. The average molecular weight is 449 g/mol. The maximum Gasteiger partial charge on any atom is 0.308 e. The summed E-state index contributed by atoms with van der Waals surface area (Å²) < 4.78 is 11.9. The van der Waals surface area contributed by atoms with E-state index in [-0.39, 0.29) is 28.4 Å². The number of carbonyl (C=O) groups excluding carboxylic acids is 1. The van der Waals surface area contributed by atoms with Crippen molar-refractivity contribution in [3.63, 3.8) is 0 Å². The van der Waals surface area contributed by atoms with Crippen LogP contribution in [0.5, 0.6) is 11.5 Å². The fourth-order valence-corrected chi connectivity index (χ4v) is 4.02. The number of ether oxygens (including phenoxy) is 2. The summed E-state index contributed by atoms with van der Waals surface area (Å²) in [6.45, 7) is 3.28. The second-order valence-electron chi connectivity index (χ2n) is 7.14. The second kappa shape index (κ2) is 8.72. The first-order valence-electron chi connectivity index (χ1n) is 9.70. The van der Waals surface area contributed by atoms with Gasteiger partial charge in [0.05, 0.1) is 11.6 Å². The Morgan fingerprint density at radius 1 is 1.12 bits per heavy atom. The summed E-state index contributed by atoms with van der Waals surface area (Å²) in [7, 11) is 1.46. The van der Waals surface area contributed by atoms with E-state index < -0.39 is 11.5 Å². The molecule has 0 aliphatic rings. The van der Waals surface area contributed by atoms with Gasteiger partial charge in [0.15, 0.2) is 11.5 Å². The van der Waals surface area contributed by atoms with Crippen molar-refractivity contribution in [3.8, 4) is 11.5 Å². The Morgan fingerprint density at radius 3 is 2.56 bits per heavy atom. The first-order valence-corrected chi connectivity index (χ1v) is 10.5. The molecule has 2 aromatic heterocycles. The van der Waals surface area contributed by atoms with Crippen LogP contribution in [0.1, 0.15) is 29.3 Å². The fourth-order valence-electron chi connectivity index (χ4n) is 3.12. The molecule has 0 fully saturated rings. The van der Waals surface area contributed by atoms with Gasteiger partial charge in [-0.15, -0.1) is 0 Å². The van der Waals surface area contributed by atoms with Crippen LogP contribution in [0.4, 0.5) is 0 Å². The number of benzene rings is 2. The zero-order chi connectivity index (χ0) is 22.8. The van der Waals surface area contributed by atoms with Crippen LogP contribution in [0.2, 0.25) is 0 Å². The average Bonchev–Trinajstić information content (AvgIpc) is 3.05. The molecule has 0 amide bonds. The fraction of sp³-hybridized carbons (Fsp3) is 0.174. The molecule has 0 atom stereocenters. The molecular weight excluding hydrogens is 430 g/mol. The number of esters is 1. The van der Waals surface area contributed by atoms with Crippen molar-refractivity contribution in [2.45, 2.75) is 20.3 Å². The largest absolute Gasteiger partial charge is 0.493 e. The third kappa shape index (κ3) is 4.42. The van der Waals surface area contributed by atoms with Crippen molar-refractivity contribution in [2.24, 2.45) is 0 Å². The van der Waals surface area contributed by atoms with Crippen LogP contribution in [-0.2, 0) is 11.2 Å². The van der Waals surface area contributed by atoms with Gasteiger partial charge < -0.3 is 9.47 Å². The van der Waals surface area contributed by atoms with E-state index in [1.165, 1.54) is 14.0 Å². The van der Waals surface area contributed by atoms with Crippen molar-refractivity contribution in [2.75, 3.05) is 7.11 Å². The summed E-state index contributed by atoms with van der Waals surface area (Å²) in [6.07, 6.45) is 1.94. The van der Waals surface area contributed by atoms with Gasteiger partial charge in [-0.2, -0.15) is 14.6 Å². The van der Waals surface area contributed by atoms with Crippen molar-refractivity contribution in [3.05, 3.63) is 90.1 Å². The van der Waals surface area contributed by atoms with Gasteiger partial charge in [0.25, 0.3) is 11.1 Å². The molecule has 2 heterocycles. The van der Waals surface area contributed by atoms with Crippen molar-refractivity contribution in [1.82, 2.24) is 14.6 Å². The van der Waals surface area contributed by atoms with E-state index in [0.29, 0.717) is 15.8 Å². The van der Waals surface area contributed by atoms with E-state index in [9.17, 15) is 14.4 Å². The van der Waals surface area contributed by atoms with Crippen LogP contribution in [0.15, 0.2) is 52.1 Å². The molecule has 32 heavy (non-hydrogen) atoms. The van der Waals surface area contributed by atoms with Gasteiger partial charge in [-0.3, -0.25) is 14.4 Å². The number of aromatic nitrogens is 3. The molecule has 0 bridgehead atoms. The highest BCUT2D eigenvalue weighted by Gasteiger charge is 2.12. The highest BCUT2D eigenvalue weighted by Crippen LogP contribution is 2.28. The molecule has 4 rings (SSSR count). The van der Waals surface area contributed by atoms with Crippen molar-refractivity contribution in [1.29, 1.82) is 0 Å². The molecule has 0 saturated heterocycles. The summed E-state index contributed by atoms with van der Waals surface area (Å²) in [5.74, 6) is 0.175. The molecule has 4 aromatic rings. The van der Waals surface area contributed by atoms with Crippen LogP contribution in [-0.4, -0.2) is 27.7 Å². The Labute approximate surface area is 186 Å². The van der Waals surface area contributed by atoms with E-state index in [1.54, 1.807) is 24.3 Å². The minimum atomic E-state index is -0.463. The molecule has 0 spiro atoms. The Hall–Kier alpha value is -3.85. The number of hydrogen-bond acceptors (Lipinski definition) is 8. The Balaban J connectivity index is 1.74. The minimum Gasteiger partial charge on any atom is -0.493 e. The third-order valence-electron chi connectivity index (χ3n) is 4.68. The standard InChI is InChI=1S/C23H19N3O5S/c1-13-4-6-15(7-5-13)10-17-21(28)24-23-26(25-17)22(29)20(32-23)12-16-8-9-18(31-14(2)27)19(11-16)30-3/h4-9,11-12H,10H2,1-3H3/b20-12-. The quantitative estimate of drug-likeness (QED) is 0.339. The van der Waals surface area contributed by atoms with Gasteiger partial charge in [-0.25, -0.2) is 0 Å². The number of methoxy groups -OCH3 is 1. The topological polar surface area (TPSA) is 99.9 Å². The molecule has 0 aliphatic heterocycles. The van der Waals surface area contributed by atoms with Crippen LogP contribution in [0, 0.1) is 6.92 Å². The number of rotatable bonds is 5. The van der Waals surface area contributed by atoms with E-state index >= 15 is 0 Å². The summed E-state index contributed by atoms with van der Waals surface area (Å²) in [5, 5.41) is 4.27. The normalized spacial score (nSPS) is 11.7. The van der Waals surface area contributed by atoms with E-state index in [0.717, 1.165) is 27.0 Å². The molecule has 0 unspecified atom stereocenters. The van der Waals surface area contributed by atoms with Crippen LogP contribution in [0.25, 0.3) is 11.0 Å². The van der Waals surface area contributed by atoms with Gasteiger partial charge in [0, 0.05) is 13.3 Å². The number of aryl methyl sites for hydroxylation is 1. The van der Waals surface area contributed by atoms with Crippen molar-refractivity contribution < 1.29 is 14.3 Å². The van der Waals surface area contributed by atoms with Gasteiger partial charge in [-0.1, -0.05) is 47.2 Å². The molecular formula is C23H19N3O5S. The zero-order valence-corrected chi connectivity index (χ0v) is 18.4. The van der Waals surface area contributed by atoms with Crippen LogP contribution in [0.3, 0.4) is 0 Å². The molecule has 0 saturated carbocycles. The lowest BCUT2D eigenvalue weighted by atomic mass is 10.1. The van der Waals surface area contributed by atoms with Gasteiger partial charge in [0.2, 0.25) is 4.96 Å². The summed E-state index contributed by atoms with van der Waals surface area (Å²) in [5.41, 5.74) is 2.07. The molecule has 2 aromatic carbocycles. The number of thiazole rings is 1. The third-order valence-corrected chi connectivity index (χ3v) is 5.64. The van der Waals surface area contributed by atoms with Crippen LogP contribution >= 0.6 is 11.3 Å². The minimum absolute atomic E-state index is 0.209. The maximum atomic E-state index is 12.9. The maximum absolute atomic E-state index is 12.9. The first kappa shape index (κ1) is 21.4. The lowest BCUT2D eigenvalue weighted by Gasteiger charge is -2.08.